The van der Waals surface area contributed by atoms with Crippen molar-refractivity contribution in [3.05, 3.63) is 11.9 Å². The zero-order valence-corrected chi connectivity index (χ0v) is 11.5. The molecule has 19 heavy (non-hydrogen) atoms. The van der Waals surface area contributed by atoms with Gasteiger partial charge in [0.1, 0.15) is 31.1 Å². The molecule has 0 saturated carbocycles. The summed E-state index contributed by atoms with van der Waals surface area (Å²) in [7, 11) is 0. The van der Waals surface area contributed by atoms with Crippen molar-refractivity contribution in [2.24, 2.45) is 0 Å². The van der Waals surface area contributed by atoms with Gasteiger partial charge in [0.2, 0.25) is 0 Å². The molecule has 0 unspecified atom stereocenters. The van der Waals surface area contributed by atoms with Crippen LogP contribution in [0.1, 0.15) is 32.3 Å². The SMILES string of the molecule is CCNc1ncnc(N(CC#N)CC#N)c1C(C)C. The van der Waals surface area contributed by atoms with Crippen molar-refractivity contribution in [1.29, 1.82) is 10.5 Å². The first kappa shape index (κ1) is 14.7. The Kier molecular flexibility index (Phi) is 5.56. The average molecular weight is 258 g/mol. The Morgan fingerprint density at radius 2 is 1.89 bits per heavy atom. The maximum Gasteiger partial charge on any atom is 0.139 e. The number of nitrogens with one attached hydrogen (secondary N) is 1. The third-order valence-electron chi connectivity index (χ3n) is 2.61. The van der Waals surface area contributed by atoms with Crippen LogP contribution in [-0.2, 0) is 0 Å². The Morgan fingerprint density at radius 1 is 1.26 bits per heavy atom. The first-order chi connectivity index (χ1) is 9.15. The lowest BCUT2D eigenvalue weighted by Gasteiger charge is -2.23. The van der Waals surface area contributed by atoms with Crippen molar-refractivity contribution in [1.82, 2.24) is 9.97 Å². The van der Waals surface area contributed by atoms with E-state index in [-0.39, 0.29) is 19.0 Å². The van der Waals surface area contributed by atoms with Gasteiger partial charge in [0, 0.05) is 12.1 Å². The molecule has 0 atom stereocenters. The van der Waals surface area contributed by atoms with Crippen LogP contribution >= 0.6 is 0 Å². The Labute approximate surface area is 113 Å². The Morgan fingerprint density at radius 3 is 2.37 bits per heavy atom. The standard InChI is InChI=1S/C13H18N6/c1-4-16-12-11(10(2)3)13(18-9-17-12)19(7-5-14)8-6-15/h9-10H,4,7-8H2,1-3H3,(H,16,17,18). The van der Waals surface area contributed by atoms with E-state index in [1.807, 2.05) is 20.8 Å². The predicted octanol–water partition coefficient (Wildman–Crippen LogP) is 1.89. The van der Waals surface area contributed by atoms with Crippen molar-refractivity contribution in [2.75, 3.05) is 29.9 Å². The number of rotatable bonds is 6. The van der Waals surface area contributed by atoms with E-state index in [0.29, 0.717) is 5.82 Å². The number of nitrogens with zero attached hydrogens (tertiary/aromatic N) is 5. The molecule has 0 fully saturated rings. The summed E-state index contributed by atoms with van der Waals surface area (Å²) in [6.45, 7) is 7.10. The molecule has 1 rings (SSSR count). The Bertz CT molecular complexity index is 481. The zero-order valence-electron chi connectivity index (χ0n) is 11.5. The molecule has 0 bridgehead atoms. The van der Waals surface area contributed by atoms with E-state index in [4.69, 9.17) is 10.5 Å². The van der Waals surface area contributed by atoms with Gasteiger partial charge in [0.25, 0.3) is 0 Å². The third-order valence-corrected chi connectivity index (χ3v) is 2.61. The quantitative estimate of drug-likeness (QED) is 0.784. The van der Waals surface area contributed by atoms with Crippen molar-refractivity contribution in [2.45, 2.75) is 26.7 Å². The molecule has 1 aromatic heterocycles. The van der Waals surface area contributed by atoms with Gasteiger partial charge in [0.05, 0.1) is 12.1 Å². The Hall–Kier alpha value is -2.34. The maximum absolute atomic E-state index is 8.87. The molecule has 100 valence electrons. The van der Waals surface area contributed by atoms with Crippen LogP contribution in [0.5, 0.6) is 0 Å². The van der Waals surface area contributed by atoms with Gasteiger partial charge in [0.15, 0.2) is 0 Å². The first-order valence-corrected chi connectivity index (χ1v) is 6.23. The van der Waals surface area contributed by atoms with Crippen molar-refractivity contribution >= 4 is 11.6 Å². The summed E-state index contributed by atoms with van der Waals surface area (Å²) >= 11 is 0. The van der Waals surface area contributed by atoms with Gasteiger partial charge in [-0.25, -0.2) is 9.97 Å². The minimum Gasteiger partial charge on any atom is -0.370 e. The lowest BCUT2D eigenvalue weighted by atomic mass is 10.0. The molecule has 0 aliphatic carbocycles. The fourth-order valence-corrected chi connectivity index (χ4v) is 1.85. The molecule has 6 heteroatoms. The van der Waals surface area contributed by atoms with Crippen LogP contribution in [0.25, 0.3) is 0 Å². The zero-order chi connectivity index (χ0) is 14.3. The van der Waals surface area contributed by atoms with Crippen molar-refractivity contribution < 1.29 is 0 Å². The average Bonchev–Trinajstić information content (AvgIpc) is 2.38. The summed E-state index contributed by atoms with van der Waals surface area (Å²) in [6, 6.07) is 4.13. The minimum absolute atomic E-state index is 0.135. The van der Waals surface area contributed by atoms with Crippen LogP contribution in [0, 0.1) is 22.7 Å². The number of nitriles is 2. The van der Waals surface area contributed by atoms with Crippen LogP contribution in [-0.4, -0.2) is 29.6 Å². The summed E-state index contributed by atoms with van der Waals surface area (Å²) in [6.07, 6.45) is 1.46. The lowest BCUT2D eigenvalue weighted by Crippen LogP contribution is -2.27. The fourth-order valence-electron chi connectivity index (χ4n) is 1.85. The highest BCUT2D eigenvalue weighted by molar-refractivity contribution is 5.61. The molecule has 1 N–H and O–H groups in total. The van der Waals surface area contributed by atoms with E-state index >= 15 is 0 Å². The molecule has 1 aromatic rings. The van der Waals surface area contributed by atoms with Gasteiger partial charge in [-0.2, -0.15) is 10.5 Å². The fraction of sp³-hybridized carbons (Fsp3) is 0.538. The third kappa shape index (κ3) is 3.56. The van der Waals surface area contributed by atoms with Crippen LogP contribution in [0.2, 0.25) is 0 Å². The van der Waals surface area contributed by atoms with Gasteiger partial charge < -0.3 is 10.2 Å². The molecular formula is C13H18N6. The second-order valence-corrected chi connectivity index (χ2v) is 4.32. The molecule has 0 aliphatic rings. The summed E-state index contributed by atoms with van der Waals surface area (Å²) in [5.74, 6) is 1.62. The number of hydrogen-bond acceptors (Lipinski definition) is 6. The lowest BCUT2D eigenvalue weighted by molar-refractivity contribution is 0.817. The monoisotopic (exact) mass is 258 g/mol. The van der Waals surface area contributed by atoms with Crippen LogP contribution < -0.4 is 10.2 Å². The van der Waals surface area contributed by atoms with E-state index in [0.717, 1.165) is 17.9 Å². The van der Waals surface area contributed by atoms with E-state index in [2.05, 4.69) is 27.4 Å². The molecule has 0 aromatic carbocycles. The van der Waals surface area contributed by atoms with Gasteiger partial charge >= 0.3 is 0 Å². The topological polar surface area (TPSA) is 88.6 Å². The molecule has 6 nitrogen and oxygen atoms in total. The molecule has 0 radical (unpaired) electrons. The number of aromatic nitrogens is 2. The predicted molar refractivity (Wildman–Crippen MR) is 73.7 cm³/mol. The highest BCUT2D eigenvalue weighted by Gasteiger charge is 2.19. The normalized spacial score (nSPS) is 9.79. The number of hydrogen-bond donors (Lipinski definition) is 1. The van der Waals surface area contributed by atoms with Gasteiger partial charge in [-0.15, -0.1) is 0 Å². The first-order valence-electron chi connectivity index (χ1n) is 6.23. The Balaban J connectivity index is 3.28. The molecule has 1 heterocycles. The van der Waals surface area contributed by atoms with Crippen LogP contribution in [0.4, 0.5) is 11.6 Å². The van der Waals surface area contributed by atoms with Gasteiger partial charge in [-0.1, -0.05) is 13.8 Å². The van der Waals surface area contributed by atoms with Crippen molar-refractivity contribution in [3.8, 4) is 12.1 Å². The largest absolute Gasteiger partial charge is 0.370 e. The van der Waals surface area contributed by atoms with E-state index in [1.165, 1.54) is 6.33 Å². The molecular weight excluding hydrogens is 240 g/mol. The van der Waals surface area contributed by atoms with Crippen molar-refractivity contribution in [3.63, 3.8) is 0 Å². The summed E-state index contributed by atoms with van der Waals surface area (Å²) in [4.78, 5) is 10.2. The summed E-state index contributed by atoms with van der Waals surface area (Å²) in [5.41, 5.74) is 0.940. The molecule has 0 spiro atoms. The molecule has 0 saturated heterocycles. The summed E-state index contributed by atoms with van der Waals surface area (Å²) in [5, 5.41) is 20.9. The van der Waals surface area contributed by atoms with Crippen LogP contribution in [0.3, 0.4) is 0 Å². The van der Waals surface area contributed by atoms with Crippen LogP contribution in [0.15, 0.2) is 6.33 Å². The second-order valence-electron chi connectivity index (χ2n) is 4.32. The van der Waals surface area contributed by atoms with E-state index < -0.39 is 0 Å². The molecule has 0 aliphatic heterocycles. The van der Waals surface area contributed by atoms with Gasteiger partial charge in [-0.05, 0) is 12.8 Å². The molecule has 0 amide bonds. The second kappa shape index (κ2) is 7.17. The highest BCUT2D eigenvalue weighted by Crippen LogP contribution is 2.30. The smallest absolute Gasteiger partial charge is 0.139 e. The highest BCUT2D eigenvalue weighted by atomic mass is 15.2. The van der Waals surface area contributed by atoms with E-state index in [9.17, 15) is 0 Å². The van der Waals surface area contributed by atoms with Gasteiger partial charge in [-0.3, -0.25) is 0 Å². The van der Waals surface area contributed by atoms with E-state index in [1.54, 1.807) is 4.90 Å². The minimum atomic E-state index is 0.135. The summed E-state index contributed by atoms with van der Waals surface area (Å²) < 4.78 is 0. The maximum atomic E-state index is 8.87. The number of anilines is 2.